The molecule has 0 rings (SSSR count). The van der Waals surface area contributed by atoms with Crippen LogP contribution in [0.3, 0.4) is 0 Å². The van der Waals surface area contributed by atoms with Gasteiger partial charge in [0.05, 0.1) is 18.8 Å². The van der Waals surface area contributed by atoms with Crippen LogP contribution in [0.2, 0.25) is 0 Å². The van der Waals surface area contributed by atoms with Crippen molar-refractivity contribution in [3.8, 4) is 0 Å². The molecule has 0 saturated carbocycles. The molecule has 4 N–H and O–H groups in total. The van der Waals surface area contributed by atoms with Crippen molar-refractivity contribution in [3.63, 3.8) is 0 Å². The van der Waals surface area contributed by atoms with Gasteiger partial charge in [0.2, 0.25) is 5.91 Å². The molecule has 5 nitrogen and oxygen atoms in total. The van der Waals surface area contributed by atoms with Crippen LogP contribution in [-0.2, 0) is 4.79 Å². The SMILES string of the molecule is CCCCC/C=C/CC/C=C/CC/C=C/C(O)C(CO)NC(=O)C(O)CCCCCCCCCCCC/C=C\C/C=C\CCCCCCCCCCC. The van der Waals surface area contributed by atoms with Gasteiger partial charge in [-0.2, -0.15) is 0 Å². The van der Waals surface area contributed by atoms with Crippen LogP contribution in [0.25, 0.3) is 0 Å². The highest BCUT2D eigenvalue weighted by molar-refractivity contribution is 5.80. The first-order valence-electron chi connectivity index (χ1n) is 22.6. The first-order chi connectivity index (χ1) is 26.1. The number of carbonyl (C=O) groups is 1. The normalized spacial score (nSPS) is 14.1. The van der Waals surface area contributed by atoms with Gasteiger partial charge in [0.25, 0.3) is 0 Å². The molecular formula is C48H87NO4. The Morgan fingerprint density at radius 2 is 0.830 bits per heavy atom. The third kappa shape index (κ3) is 38.1. The summed E-state index contributed by atoms with van der Waals surface area (Å²) in [5, 5.41) is 33.1. The Bertz CT molecular complexity index is 907. The largest absolute Gasteiger partial charge is 0.394 e. The lowest BCUT2D eigenvalue weighted by molar-refractivity contribution is -0.131. The van der Waals surface area contributed by atoms with Crippen LogP contribution in [0.4, 0.5) is 0 Å². The minimum Gasteiger partial charge on any atom is -0.394 e. The van der Waals surface area contributed by atoms with Crippen molar-refractivity contribution in [2.45, 2.75) is 231 Å². The smallest absolute Gasteiger partial charge is 0.249 e. The Hall–Kier alpha value is -1.95. The Balaban J connectivity index is 3.68. The Labute approximate surface area is 329 Å². The van der Waals surface area contributed by atoms with Gasteiger partial charge < -0.3 is 20.6 Å². The highest BCUT2D eigenvalue weighted by atomic mass is 16.3. The standard InChI is InChI=1S/C48H87NO4/c1-3-5-7-9-11-13-15-17-18-19-20-21-22-23-24-25-26-27-28-29-31-33-35-37-39-41-43-47(52)48(53)49-45(44-50)46(51)42-40-38-36-34-32-30-16-14-12-10-8-6-4-2/h12,14,20-21,23-24,32,34,40,42,45-47,50-52H,3-11,13,15-19,22,25-31,33,35-39,41,43-44H2,1-2H3,(H,49,53)/b14-12+,21-20-,24-23-,34-32+,42-40+. The van der Waals surface area contributed by atoms with E-state index in [0.29, 0.717) is 6.42 Å². The molecule has 3 atom stereocenters. The first kappa shape index (κ1) is 51.0. The Morgan fingerprint density at radius 1 is 0.472 bits per heavy atom. The fourth-order valence-electron chi connectivity index (χ4n) is 6.48. The summed E-state index contributed by atoms with van der Waals surface area (Å²) in [6.45, 7) is 4.12. The monoisotopic (exact) mass is 742 g/mol. The van der Waals surface area contributed by atoms with Gasteiger partial charge in [-0.3, -0.25) is 4.79 Å². The van der Waals surface area contributed by atoms with Gasteiger partial charge in [-0.1, -0.05) is 197 Å². The number of hydrogen-bond donors (Lipinski definition) is 4. The fraction of sp³-hybridized carbons (Fsp3) is 0.771. The first-order valence-corrected chi connectivity index (χ1v) is 22.6. The van der Waals surface area contributed by atoms with E-state index in [4.69, 9.17) is 0 Å². The third-order valence-corrected chi connectivity index (χ3v) is 10.1. The summed E-state index contributed by atoms with van der Waals surface area (Å²) in [4.78, 5) is 12.5. The molecule has 308 valence electrons. The molecule has 5 heteroatoms. The zero-order valence-corrected chi connectivity index (χ0v) is 34.9. The van der Waals surface area contributed by atoms with E-state index in [0.717, 1.165) is 51.4 Å². The third-order valence-electron chi connectivity index (χ3n) is 10.1. The van der Waals surface area contributed by atoms with E-state index in [-0.39, 0.29) is 6.61 Å². The number of allylic oxidation sites excluding steroid dienone is 9. The lowest BCUT2D eigenvalue weighted by Crippen LogP contribution is -2.48. The van der Waals surface area contributed by atoms with Gasteiger partial charge in [-0.05, 0) is 77.0 Å². The van der Waals surface area contributed by atoms with Gasteiger partial charge in [0.1, 0.15) is 6.10 Å². The maximum Gasteiger partial charge on any atom is 0.249 e. The van der Waals surface area contributed by atoms with Crippen molar-refractivity contribution in [1.29, 1.82) is 0 Å². The van der Waals surface area contributed by atoms with E-state index >= 15 is 0 Å². The van der Waals surface area contributed by atoms with Crippen LogP contribution in [0, 0.1) is 0 Å². The van der Waals surface area contributed by atoms with Crippen molar-refractivity contribution in [2.75, 3.05) is 6.61 Å². The molecule has 0 heterocycles. The maximum atomic E-state index is 12.5. The predicted octanol–water partition coefficient (Wildman–Crippen LogP) is 13.1. The van der Waals surface area contributed by atoms with Gasteiger partial charge in [0, 0.05) is 0 Å². The van der Waals surface area contributed by atoms with E-state index < -0.39 is 24.2 Å². The molecule has 0 saturated heterocycles. The Morgan fingerprint density at radius 3 is 1.30 bits per heavy atom. The summed E-state index contributed by atoms with van der Waals surface area (Å²) in [5.41, 5.74) is 0. The lowest BCUT2D eigenvalue weighted by atomic mass is 10.0. The van der Waals surface area contributed by atoms with Gasteiger partial charge in [0.15, 0.2) is 0 Å². The van der Waals surface area contributed by atoms with Crippen LogP contribution in [0.1, 0.15) is 213 Å². The van der Waals surface area contributed by atoms with Gasteiger partial charge >= 0.3 is 0 Å². The van der Waals surface area contributed by atoms with E-state index in [1.54, 1.807) is 6.08 Å². The fourth-order valence-corrected chi connectivity index (χ4v) is 6.48. The zero-order valence-electron chi connectivity index (χ0n) is 34.9. The van der Waals surface area contributed by atoms with E-state index in [1.165, 1.54) is 141 Å². The van der Waals surface area contributed by atoms with E-state index in [9.17, 15) is 20.1 Å². The molecule has 53 heavy (non-hydrogen) atoms. The predicted molar refractivity (Wildman–Crippen MR) is 231 cm³/mol. The summed E-state index contributed by atoms with van der Waals surface area (Å²) >= 11 is 0. The molecule has 0 aromatic carbocycles. The zero-order chi connectivity index (χ0) is 38.7. The summed E-state index contributed by atoms with van der Waals surface area (Å²) in [5.74, 6) is -0.522. The average molecular weight is 742 g/mol. The summed E-state index contributed by atoms with van der Waals surface area (Å²) in [6, 6.07) is -0.823. The second kappa shape index (κ2) is 42.8. The highest BCUT2D eigenvalue weighted by Gasteiger charge is 2.22. The molecule has 0 aromatic rings. The molecule has 0 spiro atoms. The number of nitrogens with one attached hydrogen (secondary N) is 1. The highest BCUT2D eigenvalue weighted by Crippen LogP contribution is 2.14. The number of unbranched alkanes of at least 4 members (excludes halogenated alkanes) is 24. The van der Waals surface area contributed by atoms with Crippen LogP contribution < -0.4 is 5.32 Å². The molecule has 0 aliphatic rings. The number of aliphatic hydroxyl groups is 3. The minimum absolute atomic E-state index is 0.385. The number of rotatable bonds is 40. The Kier molecular flexibility index (Phi) is 41.2. The molecule has 1 amide bonds. The molecule has 0 aliphatic carbocycles. The van der Waals surface area contributed by atoms with E-state index in [1.807, 2.05) is 6.08 Å². The number of amides is 1. The van der Waals surface area contributed by atoms with Crippen LogP contribution in [0.15, 0.2) is 60.8 Å². The van der Waals surface area contributed by atoms with Crippen LogP contribution in [0.5, 0.6) is 0 Å². The second-order valence-electron chi connectivity index (χ2n) is 15.2. The van der Waals surface area contributed by atoms with Crippen molar-refractivity contribution in [2.24, 2.45) is 0 Å². The molecule has 0 fully saturated rings. The van der Waals surface area contributed by atoms with Crippen LogP contribution in [-0.4, -0.2) is 46.1 Å². The summed E-state index contributed by atoms with van der Waals surface area (Å²) < 4.78 is 0. The molecule has 3 unspecified atom stereocenters. The average Bonchev–Trinajstić information content (AvgIpc) is 3.16. The number of hydrogen-bond acceptors (Lipinski definition) is 4. The molecular weight excluding hydrogens is 655 g/mol. The minimum atomic E-state index is -1.11. The topological polar surface area (TPSA) is 89.8 Å². The van der Waals surface area contributed by atoms with Crippen molar-refractivity contribution in [3.05, 3.63) is 60.8 Å². The van der Waals surface area contributed by atoms with Gasteiger partial charge in [-0.25, -0.2) is 0 Å². The van der Waals surface area contributed by atoms with Crippen molar-refractivity contribution in [1.82, 2.24) is 5.32 Å². The summed E-state index contributed by atoms with van der Waals surface area (Å²) in [7, 11) is 0. The maximum absolute atomic E-state index is 12.5. The molecule has 0 aliphatic heterocycles. The van der Waals surface area contributed by atoms with E-state index in [2.05, 4.69) is 67.8 Å². The quantitative estimate of drug-likeness (QED) is 0.0372. The van der Waals surface area contributed by atoms with Crippen molar-refractivity contribution >= 4 is 5.91 Å². The molecule has 0 radical (unpaired) electrons. The number of aliphatic hydroxyl groups excluding tert-OH is 3. The lowest BCUT2D eigenvalue weighted by Gasteiger charge is -2.21. The second-order valence-corrected chi connectivity index (χ2v) is 15.2. The molecule has 0 bridgehead atoms. The van der Waals surface area contributed by atoms with Gasteiger partial charge in [-0.15, -0.1) is 0 Å². The number of carbonyl (C=O) groups excluding carboxylic acids is 1. The molecule has 0 aromatic heterocycles. The van der Waals surface area contributed by atoms with Crippen LogP contribution >= 0.6 is 0 Å². The summed E-state index contributed by atoms with van der Waals surface area (Å²) in [6.07, 6.45) is 56.9. The van der Waals surface area contributed by atoms with Crippen molar-refractivity contribution < 1.29 is 20.1 Å².